The highest BCUT2D eigenvalue weighted by molar-refractivity contribution is 7.19. The van der Waals surface area contributed by atoms with E-state index in [4.69, 9.17) is 0 Å². The van der Waals surface area contributed by atoms with E-state index in [1.807, 2.05) is 11.3 Å². The molecular formula is C13H15NOS. The van der Waals surface area contributed by atoms with E-state index in [0.717, 1.165) is 26.1 Å². The summed E-state index contributed by atoms with van der Waals surface area (Å²) >= 11 is 1.86. The van der Waals surface area contributed by atoms with E-state index in [0.29, 0.717) is 0 Å². The van der Waals surface area contributed by atoms with Gasteiger partial charge in [-0.05, 0) is 23.9 Å². The number of β-amino-alcohol motifs (C(OH)–C–C–N with tert-alkyl or cyclic N) is 1. The molecule has 1 aliphatic rings. The quantitative estimate of drug-likeness (QED) is 0.861. The van der Waals surface area contributed by atoms with Gasteiger partial charge in [0.05, 0.1) is 6.10 Å². The molecule has 1 N–H and O–H groups in total. The summed E-state index contributed by atoms with van der Waals surface area (Å²) in [6.07, 6.45) is 0.805. The number of likely N-dealkylation sites (tertiary alicyclic amines) is 1. The monoisotopic (exact) mass is 233 g/mol. The van der Waals surface area contributed by atoms with Crippen molar-refractivity contribution in [1.82, 2.24) is 4.90 Å². The lowest BCUT2D eigenvalue weighted by Crippen LogP contribution is -2.20. The van der Waals surface area contributed by atoms with Gasteiger partial charge in [-0.25, -0.2) is 0 Å². The molecule has 1 fully saturated rings. The van der Waals surface area contributed by atoms with Crippen molar-refractivity contribution in [2.75, 3.05) is 13.1 Å². The number of aliphatic hydroxyl groups excluding tert-OH is 1. The zero-order valence-electron chi connectivity index (χ0n) is 9.10. The zero-order valence-corrected chi connectivity index (χ0v) is 9.91. The van der Waals surface area contributed by atoms with Gasteiger partial charge in [0.2, 0.25) is 0 Å². The van der Waals surface area contributed by atoms with E-state index in [-0.39, 0.29) is 6.10 Å². The van der Waals surface area contributed by atoms with Crippen molar-refractivity contribution in [3.05, 3.63) is 35.2 Å². The predicted molar refractivity (Wildman–Crippen MR) is 67.7 cm³/mol. The zero-order chi connectivity index (χ0) is 11.0. The van der Waals surface area contributed by atoms with Gasteiger partial charge in [0.25, 0.3) is 0 Å². The molecule has 0 radical (unpaired) electrons. The Hall–Kier alpha value is -0.900. The Balaban J connectivity index is 1.79. The van der Waals surface area contributed by atoms with Gasteiger partial charge in [-0.1, -0.05) is 18.2 Å². The number of hydrogen-bond acceptors (Lipinski definition) is 3. The lowest BCUT2D eigenvalue weighted by Gasteiger charge is -2.12. The highest BCUT2D eigenvalue weighted by Gasteiger charge is 2.20. The first kappa shape index (κ1) is 10.3. The number of hydrogen-bond donors (Lipinski definition) is 1. The molecule has 0 saturated carbocycles. The Morgan fingerprint density at radius 1 is 1.38 bits per heavy atom. The Kier molecular flexibility index (Phi) is 2.67. The molecule has 2 nitrogen and oxygen atoms in total. The number of fused-ring (bicyclic) bond motifs is 1. The maximum atomic E-state index is 9.48. The van der Waals surface area contributed by atoms with Crippen LogP contribution in [0, 0.1) is 0 Å². The van der Waals surface area contributed by atoms with Crippen LogP contribution >= 0.6 is 11.3 Å². The Labute approximate surface area is 99.1 Å². The minimum Gasteiger partial charge on any atom is -0.392 e. The first-order valence-corrected chi connectivity index (χ1v) is 6.51. The van der Waals surface area contributed by atoms with Crippen LogP contribution in [0.1, 0.15) is 11.3 Å². The van der Waals surface area contributed by atoms with Gasteiger partial charge < -0.3 is 5.11 Å². The minimum absolute atomic E-state index is 0.116. The highest BCUT2D eigenvalue weighted by atomic mass is 32.1. The topological polar surface area (TPSA) is 23.5 Å². The molecule has 1 atom stereocenters. The summed E-state index contributed by atoms with van der Waals surface area (Å²) in [4.78, 5) is 3.73. The van der Waals surface area contributed by atoms with Gasteiger partial charge in [-0.15, -0.1) is 11.3 Å². The van der Waals surface area contributed by atoms with Crippen LogP contribution in [-0.4, -0.2) is 29.2 Å². The first-order chi connectivity index (χ1) is 7.81. The van der Waals surface area contributed by atoms with Crippen molar-refractivity contribution in [1.29, 1.82) is 0 Å². The van der Waals surface area contributed by atoms with Gasteiger partial charge in [0.1, 0.15) is 0 Å². The molecule has 84 valence electrons. The van der Waals surface area contributed by atoms with Crippen LogP contribution in [0.15, 0.2) is 30.3 Å². The summed E-state index contributed by atoms with van der Waals surface area (Å²) in [5, 5.41) is 10.8. The molecule has 1 saturated heterocycles. The smallest absolute Gasteiger partial charge is 0.0679 e. The van der Waals surface area contributed by atoms with Crippen LogP contribution in [0.25, 0.3) is 10.1 Å². The fraction of sp³-hybridized carbons (Fsp3) is 0.385. The van der Waals surface area contributed by atoms with Crippen LogP contribution < -0.4 is 0 Å². The predicted octanol–water partition coefficient (Wildman–Crippen LogP) is 2.47. The second kappa shape index (κ2) is 4.17. The van der Waals surface area contributed by atoms with Crippen LogP contribution in [0.3, 0.4) is 0 Å². The van der Waals surface area contributed by atoms with Crippen molar-refractivity contribution in [2.45, 2.75) is 19.1 Å². The van der Waals surface area contributed by atoms with Crippen LogP contribution in [-0.2, 0) is 6.54 Å². The number of nitrogens with zero attached hydrogens (tertiary/aromatic N) is 1. The largest absolute Gasteiger partial charge is 0.392 e. The third-order valence-corrected chi connectivity index (χ3v) is 4.20. The average molecular weight is 233 g/mol. The molecule has 1 aliphatic heterocycles. The minimum atomic E-state index is -0.116. The summed E-state index contributed by atoms with van der Waals surface area (Å²) in [6, 6.07) is 10.8. The first-order valence-electron chi connectivity index (χ1n) is 5.69. The summed E-state index contributed by atoms with van der Waals surface area (Å²) in [5.74, 6) is 0. The normalized spacial score (nSPS) is 21.9. The molecule has 16 heavy (non-hydrogen) atoms. The molecule has 3 rings (SSSR count). The molecule has 2 aromatic rings. The summed E-state index contributed by atoms with van der Waals surface area (Å²) in [7, 11) is 0. The molecule has 0 bridgehead atoms. The lowest BCUT2D eigenvalue weighted by molar-refractivity contribution is 0.175. The number of thiophene rings is 1. The molecule has 1 aromatic heterocycles. The number of benzene rings is 1. The molecule has 2 heterocycles. The maximum absolute atomic E-state index is 9.48. The van der Waals surface area contributed by atoms with Gasteiger partial charge in [0.15, 0.2) is 0 Å². The van der Waals surface area contributed by atoms with Crippen molar-refractivity contribution >= 4 is 21.4 Å². The van der Waals surface area contributed by atoms with Crippen LogP contribution in [0.2, 0.25) is 0 Å². The summed E-state index contributed by atoms with van der Waals surface area (Å²) < 4.78 is 1.36. The fourth-order valence-electron chi connectivity index (χ4n) is 2.29. The summed E-state index contributed by atoms with van der Waals surface area (Å²) in [6.45, 7) is 2.83. The van der Waals surface area contributed by atoms with Crippen LogP contribution in [0.5, 0.6) is 0 Å². The van der Waals surface area contributed by atoms with Gasteiger partial charge >= 0.3 is 0 Å². The highest BCUT2D eigenvalue weighted by Crippen LogP contribution is 2.27. The molecule has 0 spiro atoms. The van der Waals surface area contributed by atoms with Crippen molar-refractivity contribution < 1.29 is 5.11 Å². The van der Waals surface area contributed by atoms with Crippen molar-refractivity contribution in [2.24, 2.45) is 0 Å². The molecule has 0 amide bonds. The maximum Gasteiger partial charge on any atom is 0.0679 e. The standard InChI is InChI=1S/C13H15NOS/c15-11-5-6-14(8-11)9-12-7-10-3-1-2-4-13(10)16-12/h1-4,7,11,15H,5-6,8-9H2/t11-/m1/s1. The average Bonchev–Trinajstić information content (AvgIpc) is 2.84. The Morgan fingerprint density at radius 3 is 3.00 bits per heavy atom. The van der Waals surface area contributed by atoms with E-state index in [1.165, 1.54) is 15.0 Å². The van der Waals surface area contributed by atoms with E-state index in [9.17, 15) is 5.11 Å². The second-order valence-electron chi connectivity index (χ2n) is 4.43. The fourth-order valence-corrected chi connectivity index (χ4v) is 3.40. The van der Waals surface area contributed by atoms with E-state index in [1.54, 1.807) is 0 Å². The molecule has 0 aliphatic carbocycles. The second-order valence-corrected chi connectivity index (χ2v) is 5.60. The summed E-state index contributed by atoms with van der Waals surface area (Å²) in [5.41, 5.74) is 0. The van der Waals surface area contributed by atoms with Crippen molar-refractivity contribution in [3.8, 4) is 0 Å². The Bertz CT molecular complexity index is 460. The SMILES string of the molecule is O[C@@H]1CCN(Cc2cc3ccccc3s2)C1. The van der Waals surface area contributed by atoms with E-state index < -0.39 is 0 Å². The van der Waals surface area contributed by atoms with Gasteiger partial charge in [-0.2, -0.15) is 0 Å². The van der Waals surface area contributed by atoms with Crippen molar-refractivity contribution in [3.63, 3.8) is 0 Å². The van der Waals surface area contributed by atoms with E-state index >= 15 is 0 Å². The molecule has 3 heteroatoms. The molecule has 1 aromatic carbocycles. The third kappa shape index (κ3) is 1.98. The molecule has 0 unspecified atom stereocenters. The lowest BCUT2D eigenvalue weighted by atomic mass is 10.2. The Morgan fingerprint density at radius 2 is 2.25 bits per heavy atom. The molecular weight excluding hydrogens is 218 g/mol. The van der Waals surface area contributed by atoms with Crippen LogP contribution in [0.4, 0.5) is 0 Å². The number of aliphatic hydroxyl groups is 1. The third-order valence-electron chi connectivity index (χ3n) is 3.10. The number of rotatable bonds is 2. The van der Waals surface area contributed by atoms with Gasteiger partial charge in [0, 0.05) is 29.2 Å². The van der Waals surface area contributed by atoms with Gasteiger partial charge in [-0.3, -0.25) is 4.90 Å². The van der Waals surface area contributed by atoms with E-state index in [2.05, 4.69) is 35.2 Å².